The van der Waals surface area contributed by atoms with Crippen molar-refractivity contribution < 1.29 is 9.50 Å². The molecule has 0 aliphatic heterocycles. The van der Waals surface area contributed by atoms with Gasteiger partial charge in [0.2, 0.25) is 0 Å². The van der Waals surface area contributed by atoms with Gasteiger partial charge in [0.25, 0.3) is 0 Å². The van der Waals surface area contributed by atoms with Crippen LogP contribution in [-0.4, -0.2) is 15.3 Å². The molecule has 0 bridgehead atoms. The van der Waals surface area contributed by atoms with Crippen molar-refractivity contribution in [3.05, 3.63) is 77.7 Å². The average Bonchev–Trinajstić information content (AvgIpc) is 2.97. The maximum Gasteiger partial charge on any atom is 0.123 e. The predicted octanol–water partition coefficient (Wildman–Crippen LogP) is 3.30. The Morgan fingerprint density at radius 1 is 1.05 bits per heavy atom. The van der Waals surface area contributed by atoms with E-state index < -0.39 is 6.10 Å². The van der Waals surface area contributed by atoms with Gasteiger partial charge in [0, 0.05) is 5.56 Å². The number of aliphatic hydroxyl groups excluding tert-OH is 1. The molecule has 2 aromatic carbocycles. The van der Waals surface area contributed by atoms with Gasteiger partial charge >= 0.3 is 0 Å². The largest absolute Gasteiger partial charge is 0.384 e. The Bertz CT molecular complexity index is 709. The predicted molar refractivity (Wildman–Crippen MR) is 74.5 cm³/mol. The molecule has 3 nitrogen and oxygen atoms in total. The third kappa shape index (κ3) is 2.33. The number of aliphatic hydroxyl groups is 1. The second-order valence-electron chi connectivity index (χ2n) is 4.52. The summed E-state index contributed by atoms with van der Waals surface area (Å²) in [6.45, 7) is 0. The third-order valence-corrected chi connectivity index (χ3v) is 3.19. The second kappa shape index (κ2) is 5.27. The molecule has 4 heteroatoms. The molecule has 0 spiro atoms. The Labute approximate surface area is 115 Å². The molecule has 3 rings (SSSR count). The fourth-order valence-electron chi connectivity index (χ4n) is 2.20. The van der Waals surface area contributed by atoms with Gasteiger partial charge < -0.3 is 5.11 Å². The highest BCUT2D eigenvalue weighted by atomic mass is 19.1. The van der Waals surface area contributed by atoms with Crippen LogP contribution >= 0.6 is 0 Å². The average molecular weight is 268 g/mol. The molecule has 0 aliphatic carbocycles. The molecule has 0 saturated carbocycles. The molecule has 0 aliphatic rings. The number of benzene rings is 2. The quantitative estimate of drug-likeness (QED) is 0.765. The lowest BCUT2D eigenvalue weighted by atomic mass is 9.99. The van der Waals surface area contributed by atoms with E-state index in [0.717, 1.165) is 11.3 Å². The number of rotatable bonds is 3. The van der Waals surface area contributed by atoms with Crippen molar-refractivity contribution in [1.82, 2.24) is 10.2 Å². The van der Waals surface area contributed by atoms with Crippen LogP contribution in [0, 0.1) is 5.82 Å². The highest BCUT2D eigenvalue weighted by Crippen LogP contribution is 2.30. The van der Waals surface area contributed by atoms with Crippen LogP contribution in [0.4, 0.5) is 4.39 Å². The van der Waals surface area contributed by atoms with Crippen molar-refractivity contribution in [2.24, 2.45) is 0 Å². The fraction of sp³-hybridized carbons (Fsp3) is 0.0625. The summed E-state index contributed by atoms with van der Waals surface area (Å²) >= 11 is 0. The van der Waals surface area contributed by atoms with E-state index in [-0.39, 0.29) is 5.82 Å². The lowest BCUT2D eigenvalue weighted by Gasteiger charge is -2.11. The summed E-state index contributed by atoms with van der Waals surface area (Å²) in [6, 6.07) is 15.5. The molecule has 100 valence electrons. The van der Waals surface area contributed by atoms with Gasteiger partial charge in [-0.05, 0) is 23.3 Å². The molecular weight excluding hydrogens is 255 g/mol. The van der Waals surface area contributed by atoms with Gasteiger partial charge in [0.1, 0.15) is 11.9 Å². The number of hydrogen-bond acceptors (Lipinski definition) is 2. The molecule has 2 N–H and O–H groups in total. The summed E-state index contributed by atoms with van der Waals surface area (Å²) in [4.78, 5) is 0. The first-order chi connectivity index (χ1) is 9.75. The number of aromatic amines is 1. The molecule has 0 amide bonds. The summed E-state index contributed by atoms with van der Waals surface area (Å²) in [5.74, 6) is -0.369. The minimum atomic E-state index is -0.917. The summed E-state index contributed by atoms with van der Waals surface area (Å²) in [6.07, 6.45) is 0.650. The minimum Gasteiger partial charge on any atom is -0.384 e. The Morgan fingerprint density at radius 2 is 1.85 bits per heavy atom. The van der Waals surface area contributed by atoms with E-state index in [1.807, 2.05) is 30.3 Å². The summed E-state index contributed by atoms with van der Waals surface area (Å²) in [5.41, 5.74) is 2.79. The number of nitrogens with one attached hydrogen (secondary N) is 1. The van der Waals surface area contributed by atoms with Gasteiger partial charge in [-0.3, -0.25) is 5.10 Å². The van der Waals surface area contributed by atoms with E-state index in [2.05, 4.69) is 10.2 Å². The van der Waals surface area contributed by atoms with Crippen LogP contribution in [0.2, 0.25) is 0 Å². The van der Waals surface area contributed by atoms with Gasteiger partial charge in [-0.2, -0.15) is 5.10 Å². The van der Waals surface area contributed by atoms with Crippen molar-refractivity contribution >= 4 is 0 Å². The van der Waals surface area contributed by atoms with Crippen LogP contribution in [0.1, 0.15) is 17.2 Å². The summed E-state index contributed by atoms with van der Waals surface area (Å²) in [5, 5.41) is 17.3. The van der Waals surface area contributed by atoms with Gasteiger partial charge in [-0.1, -0.05) is 42.5 Å². The van der Waals surface area contributed by atoms with E-state index in [4.69, 9.17) is 0 Å². The van der Waals surface area contributed by atoms with Crippen molar-refractivity contribution in [2.75, 3.05) is 0 Å². The Kier molecular flexibility index (Phi) is 3.31. The summed E-state index contributed by atoms with van der Waals surface area (Å²) < 4.78 is 13.3. The molecule has 20 heavy (non-hydrogen) atoms. The van der Waals surface area contributed by atoms with Crippen LogP contribution in [0.15, 0.2) is 60.8 Å². The lowest BCUT2D eigenvalue weighted by Crippen LogP contribution is -2.00. The molecule has 0 fully saturated rings. The summed E-state index contributed by atoms with van der Waals surface area (Å²) in [7, 11) is 0. The molecule has 0 saturated heterocycles. The second-order valence-corrected chi connectivity index (χ2v) is 4.52. The SMILES string of the molecule is OC(c1cccc(F)c1)c1cn[nH]c1-c1ccccc1. The van der Waals surface area contributed by atoms with E-state index in [0.29, 0.717) is 11.1 Å². The van der Waals surface area contributed by atoms with Crippen molar-refractivity contribution in [1.29, 1.82) is 0 Å². The van der Waals surface area contributed by atoms with Crippen molar-refractivity contribution in [2.45, 2.75) is 6.10 Å². The standard InChI is InChI=1S/C16H13FN2O/c17-13-8-4-7-12(9-13)16(20)14-10-18-19-15(14)11-5-2-1-3-6-11/h1-10,16,20H,(H,18,19). The van der Waals surface area contributed by atoms with E-state index in [1.165, 1.54) is 12.1 Å². The number of nitrogens with zero attached hydrogens (tertiary/aromatic N) is 1. The van der Waals surface area contributed by atoms with Crippen LogP contribution in [0.25, 0.3) is 11.3 Å². The van der Waals surface area contributed by atoms with Crippen molar-refractivity contribution in [3.8, 4) is 11.3 Å². The zero-order valence-electron chi connectivity index (χ0n) is 10.6. The molecule has 1 heterocycles. The maximum absolute atomic E-state index is 13.3. The Balaban J connectivity index is 2.02. The topological polar surface area (TPSA) is 48.9 Å². The number of halogens is 1. The molecule has 1 aromatic heterocycles. The van der Waals surface area contributed by atoms with Gasteiger partial charge in [-0.15, -0.1) is 0 Å². The van der Waals surface area contributed by atoms with E-state index in [1.54, 1.807) is 18.3 Å². The molecule has 1 atom stereocenters. The van der Waals surface area contributed by atoms with Crippen LogP contribution in [0.3, 0.4) is 0 Å². The third-order valence-electron chi connectivity index (χ3n) is 3.19. The number of H-pyrrole nitrogens is 1. The van der Waals surface area contributed by atoms with Gasteiger partial charge in [0.15, 0.2) is 0 Å². The van der Waals surface area contributed by atoms with Crippen LogP contribution < -0.4 is 0 Å². The molecule has 1 unspecified atom stereocenters. The Hall–Kier alpha value is -2.46. The number of aromatic nitrogens is 2. The molecule has 0 radical (unpaired) electrons. The Morgan fingerprint density at radius 3 is 2.60 bits per heavy atom. The normalized spacial score (nSPS) is 12.3. The van der Waals surface area contributed by atoms with Gasteiger partial charge in [-0.25, -0.2) is 4.39 Å². The number of hydrogen-bond donors (Lipinski definition) is 2. The van der Waals surface area contributed by atoms with E-state index in [9.17, 15) is 9.50 Å². The first-order valence-corrected chi connectivity index (χ1v) is 6.28. The van der Waals surface area contributed by atoms with Crippen molar-refractivity contribution in [3.63, 3.8) is 0 Å². The zero-order chi connectivity index (χ0) is 13.9. The highest BCUT2D eigenvalue weighted by molar-refractivity contribution is 5.63. The molecule has 3 aromatic rings. The highest BCUT2D eigenvalue weighted by Gasteiger charge is 2.17. The zero-order valence-corrected chi connectivity index (χ0v) is 10.6. The maximum atomic E-state index is 13.3. The molecular formula is C16H13FN2O. The van der Waals surface area contributed by atoms with Gasteiger partial charge in [0.05, 0.1) is 11.9 Å². The fourth-order valence-corrected chi connectivity index (χ4v) is 2.20. The van der Waals surface area contributed by atoms with Crippen LogP contribution in [0.5, 0.6) is 0 Å². The minimum absolute atomic E-state index is 0.369. The first kappa shape index (κ1) is 12.6. The lowest BCUT2D eigenvalue weighted by molar-refractivity contribution is 0.220. The first-order valence-electron chi connectivity index (χ1n) is 6.28. The smallest absolute Gasteiger partial charge is 0.123 e. The van der Waals surface area contributed by atoms with E-state index >= 15 is 0 Å². The van der Waals surface area contributed by atoms with Crippen LogP contribution in [-0.2, 0) is 0 Å². The monoisotopic (exact) mass is 268 g/mol.